The Balaban J connectivity index is 3.06. The van der Waals surface area contributed by atoms with Crippen molar-refractivity contribution in [3.63, 3.8) is 0 Å². The van der Waals surface area contributed by atoms with E-state index in [4.69, 9.17) is 5.11 Å². The van der Waals surface area contributed by atoms with Crippen LogP contribution in [0.2, 0.25) is 0 Å². The van der Waals surface area contributed by atoms with Gasteiger partial charge in [0.1, 0.15) is 11.9 Å². The van der Waals surface area contributed by atoms with Gasteiger partial charge in [-0.1, -0.05) is 0 Å². The van der Waals surface area contributed by atoms with Crippen molar-refractivity contribution in [3.05, 3.63) is 28.5 Å². The van der Waals surface area contributed by atoms with Crippen molar-refractivity contribution >= 4 is 37.9 Å². The molecule has 0 unspecified atom stereocenters. The molecule has 1 aromatic rings. The summed E-state index contributed by atoms with van der Waals surface area (Å²) in [6.07, 6.45) is -0.677. The van der Waals surface area contributed by atoms with Gasteiger partial charge in [-0.2, -0.15) is 4.72 Å². The predicted octanol–water partition coefficient (Wildman–Crippen LogP) is 0.883. The maximum Gasteiger partial charge on any atom is 0.322 e. The summed E-state index contributed by atoms with van der Waals surface area (Å²) in [7, 11) is -3.21. The lowest BCUT2D eigenvalue weighted by atomic mass is 10.2. The molecule has 0 aliphatic rings. The Hall–Kier alpha value is -1.52. The number of hydrogen-bond acceptors (Lipinski definition) is 5. The molecule has 1 rings (SSSR count). The Labute approximate surface area is 128 Å². The number of esters is 1. The van der Waals surface area contributed by atoms with E-state index in [0.29, 0.717) is 0 Å². The SMILES string of the molecule is COC(=O)C[C@H](NS(=O)(=O)c1ccc(F)cc1Br)C(=O)O. The molecule has 0 radical (unpaired) electrons. The molecule has 0 aromatic heterocycles. The number of hydrogen-bond donors (Lipinski definition) is 2. The van der Waals surface area contributed by atoms with Crippen LogP contribution in [0.5, 0.6) is 0 Å². The molecule has 21 heavy (non-hydrogen) atoms. The number of carbonyl (C=O) groups excluding carboxylic acids is 1. The van der Waals surface area contributed by atoms with Crippen molar-refractivity contribution in [2.24, 2.45) is 0 Å². The van der Waals surface area contributed by atoms with E-state index < -0.39 is 40.2 Å². The molecule has 0 heterocycles. The van der Waals surface area contributed by atoms with Crippen LogP contribution >= 0.6 is 15.9 Å². The first-order valence-corrected chi connectivity index (χ1v) is 7.72. The minimum atomic E-state index is -4.26. The fourth-order valence-corrected chi connectivity index (χ4v) is 3.61. The molecule has 0 saturated heterocycles. The topological polar surface area (TPSA) is 110 Å². The molecular formula is C11H11BrFNO6S. The van der Waals surface area contributed by atoms with E-state index in [0.717, 1.165) is 25.3 Å². The number of methoxy groups -OCH3 is 1. The molecule has 0 aliphatic heterocycles. The summed E-state index contributed by atoms with van der Waals surface area (Å²) in [5.74, 6) is -3.09. The van der Waals surface area contributed by atoms with Crippen LogP contribution in [0.3, 0.4) is 0 Å². The van der Waals surface area contributed by atoms with Gasteiger partial charge in [0.15, 0.2) is 0 Å². The second-order valence-corrected chi connectivity index (χ2v) is 6.40. The van der Waals surface area contributed by atoms with Crippen molar-refractivity contribution in [2.75, 3.05) is 7.11 Å². The highest BCUT2D eigenvalue weighted by Crippen LogP contribution is 2.23. The lowest BCUT2D eigenvalue weighted by Gasteiger charge is -2.14. The molecule has 0 bridgehead atoms. The lowest BCUT2D eigenvalue weighted by molar-refractivity contribution is -0.147. The highest BCUT2D eigenvalue weighted by Gasteiger charge is 2.29. The first-order chi connectivity index (χ1) is 9.67. The molecule has 116 valence electrons. The molecule has 1 aromatic carbocycles. The molecule has 0 amide bonds. The number of benzene rings is 1. The third-order valence-corrected chi connectivity index (χ3v) is 4.83. The summed E-state index contributed by atoms with van der Waals surface area (Å²) in [4.78, 5) is 21.7. The van der Waals surface area contributed by atoms with E-state index in [9.17, 15) is 22.4 Å². The van der Waals surface area contributed by atoms with E-state index in [1.54, 1.807) is 0 Å². The summed E-state index contributed by atoms with van der Waals surface area (Å²) in [5, 5.41) is 8.93. The third-order valence-electron chi connectivity index (χ3n) is 2.38. The van der Waals surface area contributed by atoms with Crippen molar-refractivity contribution in [1.82, 2.24) is 4.72 Å². The molecular weight excluding hydrogens is 373 g/mol. The van der Waals surface area contributed by atoms with Gasteiger partial charge in [0.2, 0.25) is 10.0 Å². The number of halogens is 2. The monoisotopic (exact) mass is 383 g/mol. The minimum Gasteiger partial charge on any atom is -0.480 e. The molecule has 1 atom stereocenters. The van der Waals surface area contributed by atoms with Gasteiger partial charge in [0.25, 0.3) is 0 Å². The summed E-state index contributed by atoms with van der Waals surface area (Å²) in [6.45, 7) is 0. The average Bonchev–Trinajstić information content (AvgIpc) is 2.36. The number of rotatable bonds is 6. The maximum absolute atomic E-state index is 12.9. The number of ether oxygens (including phenoxy) is 1. The zero-order valence-corrected chi connectivity index (χ0v) is 13.1. The fourth-order valence-electron chi connectivity index (χ4n) is 1.37. The first kappa shape index (κ1) is 17.5. The molecule has 0 fully saturated rings. The molecule has 10 heteroatoms. The van der Waals surface area contributed by atoms with Gasteiger partial charge < -0.3 is 9.84 Å². The van der Waals surface area contributed by atoms with E-state index >= 15 is 0 Å². The Kier molecular flexibility index (Phi) is 5.81. The smallest absolute Gasteiger partial charge is 0.322 e. The van der Waals surface area contributed by atoms with Crippen LogP contribution in [0.4, 0.5) is 4.39 Å². The van der Waals surface area contributed by atoms with Crippen molar-refractivity contribution < 1.29 is 32.2 Å². The third kappa shape index (κ3) is 4.76. The minimum absolute atomic E-state index is 0.0720. The molecule has 0 saturated carbocycles. The Bertz CT molecular complexity index is 663. The second-order valence-electron chi connectivity index (χ2n) is 3.87. The van der Waals surface area contributed by atoms with E-state index in [1.807, 2.05) is 4.72 Å². The Morgan fingerprint density at radius 3 is 2.57 bits per heavy atom. The highest BCUT2D eigenvalue weighted by molar-refractivity contribution is 9.10. The number of carboxylic acids is 1. The summed E-state index contributed by atoms with van der Waals surface area (Å²) in [6, 6.07) is 1.11. The van der Waals surface area contributed by atoms with E-state index in [-0.39, 0.29) is 9.37 Å². The van der Waals surface area contributed by atoms with E-state index in [1.165, 1.54) is 0 Å². The molecule has 7 nitrogen and oxygen atoms in total. The van der Waals surface area contributed by atoms with Crippen LogP contribution in [0.25, 0.3) is 0 Å². The largest absolute Gasteiger partial charge is 0.480 e. The number of carboxylic acid groups (broad SMARTS) is 1. The number of aliphatic carboxylic acids is 1. The normalized spacial score (nSPS) is 12.7. The van der Waals surface area contributed by atoms with Crippen LogP contribution < -0.4 is 4.72 Å². The molecule has 0 aliphatic carbocycles. The maximum atomic E-state index is 12.9. The van der Waals surface area contributed by atoms with Crippen LogP contribution in [0.15, 0.2) is 27.6 Å². The standard InChI is InChI=1S/C11H11BrFNO6S/c1-20-10(15)5-8(11(16)17)14-21(18,19)9-3-2-6(13)4-7(9)12/h2-4,8,14H,5H2,1H3,(H,16,17)/t8-/m0/s1. The van der Waals surface area contributed by atoms with Gasteiger partial charge in [-0.05, 0) is 34.1 Å². The highest BCUT2D eigenvalue weighted by atomic mass is 79.9. The zero-order valence-electron chi connectivity index (χ0n) is 10.7. The average molecular weight is 384 g/mol. The summed E-state index contributed by atoms with van der Waals surface area (Å²) < 4.78 is 43.2. The van der Waals surface area contributed by atoms with Gasteiger partial charge in [0, 0.05) is 4.47 Å². The van der Waals surface area contributed by atoms with Gasteiger partial charge >= 0.3 is 11.9 Å². The Morgan fingerprint density at radius 1 is 1.48 bits per heavy atom. The predicted molar refractivity (Wildman–Crippen MR) is 72.5 cm³/mol. The van der Waals surface area contributed by atoms with Gasteiger partial charge in [-0.3, -0.25) is 9.59 Å². The Morgan fingerprint density at radius 2 is 2.10 bits per heavy atom. The van der Waals surface area contributed by atoms with Crippen molar-refractivity contribution in [3.8, 4) is 0 Å². The van der Waals surface area contributed by atoms with Gasteiger partial charge in [-0.25, -0.2) is 12.8 Å². The summed E-state index contributed by atoms with van der Waals surface area (Å²) in [5.41, 5.74) is 0. The quantitative estimate of drug-likeness (QED) is 0.705. The van der Waals surface area contributed by atoms with Crippen LogP contribution in [-0.4, -0.2) is 38.6 Å². The van der Waals surface area contributed by atoms with Crippen LogP contribution in [0.1, 0.15) is 6.42 Å². The second kappa shape index (κ2) is 6.96. The molecule has 2 N–H and O–H groups in total. The lowest BCUT2D eigenvalue weighted by Crippen LogP contribution is -2.42. The number of nitrogens with one attached hydrogen (secondary N) is 1. The fraction of sp³-hybridized carbons (Fsp3) is 0.273. The van der Waals surface area contributed by atoms with Crippen molar-refractivity contribution in [1.29, 1.82) is 0 Å². The van der Waals surface area contributed by atoms with Crippen LogP contribution in [0, 0.1) is 5.82 Å². The van der Waals surface area contributed by atoms with E-state index in [2.05, 4.69) is 20.7 Å². The van der Waals surface area contributed by atoms with Crippen LogP contribution in [-0.2, 0) is 24.3 Å². The first-order valence-electron chi connectivity index (χ1n) is 5.44. The zero-order chi connectivity index (χ0) is 16.2. The summed E-state index contributed by atoms with van der Waals surface area (Å²) >= 11 is 2.88. The van der Waals surface area contributed by atoms with Gasteiger partial charge in [-0.15, -0.1) is 0 Å². The van der Waals surface area contributed by atoms with Gasteiger partial charge in [0.05, 0.1) is 18.4 Å². The number of sulfonamides is 1. The number of carbonyl (C=O) groups is 2. The van der Waals surface area contributed by atoms with Crippen molar-refractivity contribution in [2.45, 2.75) is 17.4 Å². The molecule has 0 spiro atoms.